The summed E-state index contributed by atoms with van der Waals surface area (Å²) in [6.07, 6.45) is -1.22. The minimum atomic E-state index is -1.22. The van der Waals surface area contributed by atoms with Gasteiger partial charge in [0.05, 0.1) is 18.6 Å². The summed E-state index contributed by atoms with van der Waals surface area (Å²) >= 11 is 0. The summed E-state index contributed by atoms with van der Waals surface area (Å²) in [4.78, 5) is 0. The average Bonchev–Trinajstić information content (AvgIpc) is 2.92. The fourth-order valence-electron chi connectivity index (χ4n) is 5.01. The van der Waals surface area contributed by atoms with Crippen LogP contribution in [0.15, 0.2) is 146 Å². The third kappa shape index (κ3) is 5.64. The molecule has 0 N–H and O–H groups in total. The Morgan fingerprint density at radius 3 is 0.943 bits per heavy atom. The molecule has 5 rings (SSSR count). The second-order valence-electron chi connectivity index (χ2n) is 9.37. The topological polar surface area (TPSA) is 0 Å². The standard InChI is InChI=1S/C24H20B.C9H13P/c1-5-13-21(14-6-1)25(22-15-7-2-8-16-22,23-17-9-3-10-18-23)24-19-11-4-12-20-24;1-8-4-6-9(7-5-8)10(2)3/h1-20H;4-7H,1-3H3/q-1;/p+1. The van der Waals surface area contributed by atoms with Gasteiger partial charge in [0.1, 0.15) is 6.15 Å². The van der Waals surface area contributed by atoms with Crippen molar-refractivity contribution >= 4 is 41.2 Å². The molecule has 35 heavy (non-hydrogen) atoms. The summed E-state index contributed by atoms with van der Waals surface area (Å²) in [5.41, 5.74) is 6.71. The molecule has 174 valence electrons. The molecule has 0 heterocycles. The van der Waals surface area contributed by atoms with Gasteiger partial charge in [-0.15, -0.1) is 0 Å². The molecule has 0 aliphatic rings. The molecule has 0 saturated carbocycles. The van der Waals surface area contributed by atoms with E-state index in [1.165, 1.54) is 32.7 Å². The highest BCUT2D eigenvalue weighted by atomic mass is 31.1. The molecule has 0 bridgehead atoms. The molecule has 0 unspecified atom stereocenters. The minimum Gasteiger partial charge on any atom is -0.195 e. The van der Waals surface area contributed by atoms with Gasteiger partial charge in [-0.3, -0.25) is 0 Å². The van der Waals surface area contributed by atoms with Gasteiger partial charge in [-0.25, -0.2) is 0 Å². The summed E-state index contributed by atoms with van der Waals surface area (Å²) in [7, 11) is -0.229. The maximum Gasteiger partial charge on any atom is 0.108 e. The first kappa shape index (κ1) is 24.7. The molecule has 0 radical (unpaired) electrons. The zero-order valence-electron chi connectivity index (χ0n) is 20.9. The first-order chi connectivity index (χ1) is 17.1. The summed E-state index contributed by atoms with van der Waals surface area (Å²) in [5, 5.41) is 1.52. The Bertz CT molecular complexity index is 1120. The molecule has 0 aromatic heterocycles. The van der Waals surface area contributed by atoms with Crippen LogP contribution in [0.3, 0.4) is 0 Å². The number of hydrogen-bond donors (Lipinski definition) is 0. The Hall–Kier alpha value is -3.41. The van der Waals surface area contributed by atoms with E-state index < -0.39 is 6.15 Å². The van der Waals surface area contributed by atoms with Crippen LogP contribution >= 0.6 is 7.92 Å². The Morgan fingerprint density at radius 1 is 0.400 bits per heavy atom. The summed E-state index contributed by atoms with van der Waals surface area (Å²) in [6.45, 7) is 6.76. The molecule has 0 aliphatic carbocycles. The van der Waals surface area contributed by atoms with Gasteiger partial charge in [-0.05, 0) is 19.1 Å². The zero-order chi connectivity index (χ0) is 24.5. The second-order valence-corrected chi connectivity index (χ2v) is 12.0. The first-order valence-electron chi connectivity index (χ1n) is 12.4. The van der Waals surface area contributed by atoms with Crippen molar-refractivity contribution in [2.24, 2.45) is 0 Å². The average molecular weight is 472 g/mol. The third-order valence-electron chi connectivity index (χ3n) is 6.83. The van der Waals surface area contributed by atoms with Gasteiger partial charge in [0, 0.05) is 7.92 Å². The summed E-state index contributed by atoms with van der Waals surface area (Å²) in [6, 6.07) is 52.4. The van der Waals surface area contributed by atoms with E-state index in [1.807, 2.05) is 0 Å². The summed E-state index contributed by atoms with van der Waals surface area (Å²) < 4.78 is 0. The molecule has 0 nitrogen and oxygen atoms in total. The van der Waals surface area contributed by atoms with E-state index >= 15 is 0 Å². The van der Waals surface area contributed by atoms with Gasteiger partial charge in [-0.1, -0.05) is 139 Å². The van der Waals surface area contributed by atoms with Crippen molar-refractivity contribution in [3.05, 3.63) is 151 Å². The smallest absolute Gasteiger partial charge is 0.108 e. The fourth-order valence-corrected chi connectivity index (χ4v) is 5.84. The Balaban J connectivity index is 0.000000243. The van der Waals surface area contributed by atoms with Crippen molar-refractivity contribution < 1.29 is 0 Å². The normalized spacial score (nSPS) is 11.0. The molecule has 0 aliphatic heterocycles. The number of aryl methyl sites for hydroxylation is 1. The van der Waals surface area contributed by atoms with E-state index in [4.69, 9.17) is 0 Å². The van der Waals surface area contributed by atoms with Gasteiger partial charge in [0.25, 0.3) is 0 Å². The number of rotatable bonds is 5. The van der Waals surface area contributed by atoms with Crippen molar-refractivity contribution in [2.75, 3.05) is 13.3 Å². The van der Waals surface area contributed by atoms with Crippen LogP contribution in [0.5, 0.6) is 0 Å². The monoisotopic (exact) mass is 472 g/mol. The van der Waals surface area contributed by atoms with Crippen molar-refractivity contribution in [2.45, 2.75) is 6.92 Å². The molecule has 0 amide bonds. The van der Waals surface area contributed by atoms with E-state index in [2.05, 4.69) is 166 Å². The predicted octanol–water partition coefficient (Wildman–Crippen LogP) is 5.16. The van der Waals surface area contributed by atoms with Gasteiger partial charge in [0.15, 0.2) is 0 Å². The fraction of sp³-hybridized carbons (Fsp3) is 0.0909. The molecule has 0 saturated heterocycles. The molecule has 0 fully saturated rings. The van der Waals surface area contributed by atoms with Crippen LogP contribution in [0.4, 0.5) is 0 Å². The van der Waals surface area contributed by atoms with E-state index in [1.54, 1.807) is 0 Å². The van der Waals surface area contributed by atoms with Crippen LogP contribution in [0.1, 0.15) is 5.56 Å². The van der Waals surface area contributed by atoms with E-state index in [9.17, 15) is 0 Å². The number of benzene rings is 5. The predicted molar refractivity (Wildman–Crippen MR) is 161 cm³/mol. The lowest BCUT2D eigenvalue weighted by Crippen LogP contribution is -2.74. The van der Waals surface area contributed by atoms with E-state index in [-0.39, 0.29) is 7.92 Å². The second kappa shape index (κ2) is 11.8. The Labute approximate surface area is 212 Å². The van der Waals surface area contributed by atoms with E-state index in [0.717, 1.165) is 0 Å². The maximum atomic E-state index is 2.31. The highest BCUT2D eigenvalue weighted by Gasteiger charge is 2.30. The van der Waals surface area contributed by atoms with Crippen LogP contribution in [0, 0.1) is 6.92 Å². The van der Waals surface area contributed by atoms with Crippen LogP contribution < -0.4 is 27.2 Å². The highest BCUT2D eigenvalue weighted by molar-refractivity contribution is 7.64. The Morgan fingerprint density at radius 2 is 0.686 bits per heavy atom. The summed E-state index contributed by atoms with van der Waals surface area (Å²) in [5.74, 6) is 0. The van der Waals surface area contributed by atoms with Gasteiger partial charge in [0.2, 0.25) is 0 Å². The highest BCUT2D eigenvalue weighted by Crippen LogP contribution is 2.22. The quantitative estimate of drug-likeness (QED) is 0.245. The Kier molecular flexibility index (Phi) is 8.35. The molecular weight excluding hydrogens is 438 g/mol. The van der Waals surface area contributed by atoms with Gasteiger partial charge >= 0.3 is 0 Å². The van der Waals surface area contributed by atoms with Crippen LogP contribution in [0.25, 0.3) is 0 Å². The van der Waals surface area contributed by atoms with Crippen LogP contribution in [-0.4, -0.2) is 19.5 Å². The van der Waals surface area contributed by atoms with Crippen molar-refractivity contribution in [3.63, 3.8) is 0 Å². The lowest BCUT2D eigenvalue weighted by atomic mass is 9.13. The zero-order valence-corrected chi connectivity index (χ0v) is 21.9. The first-order valence-corrected chi connectivity index (χ1v) is 14.9. The van der Waals surface area contributed by atoms with Crippen LogP contribution in [0.2, 0.25) is 0 Å². The third-order valence-corrected chi connectivity index (χ3v) is 8.32. The number of hydrogen-bond acceptors (Lipinski definition) is 0. The minimum absolute atomic E-state index is 0.229. The van der Waals surface area contributed by atoms with Crippen molar-refractivity contribution in [3.8, 4) is 0 Å². The lowest BCUT2D eigenvalue weighted by Gasteiger charge is -2.44. The van der Waals surface area contributed by atoms with Crippen molar-refractivity contribution in [1.29, 1.82) is 0 Å². The molecule has 0 spiro atoms. The molecule has 5 aromatic carbocycles. The van der Waals surface area contributed by atoms with Crippen LogP contribution in [-0.2, 0) is 0 Å². The van der Waals surface area contributed by atoms with Gasteiger partial charge in [-0.2, -0.15) is 21.9 Å². The largest absolute Gasteiger partial charge is 0.195 e. The van der Waals surface area contributed by atoms with E-state index in [0.29, 0.717) is 0 Å². The van der Waals surface area contributed by atoms with Crippen molar-refractivity contribution in [1.82, 2.24) is 0 Å². The molecule has 2 heteroatoms. The molecular formula is C33H34BP. The lowest BCUT2D eigenvalue weighted by molar-refractivity contribution is 1.49. The SMILES string of the molecule is Cc1ccc([PH+](C)C)cc1.c1ccc([B-](c2ccccc2)(c2ccccc2)c2ccccc2)cc1. The molecule has 5 aromatic rings. The van der Waals surface area contributed by atoms with Gasteiger partial charge < -0.3 is 0 Å². The maximum absolute atomic E-state index is 2.31. The molecule has 0 atom stereocenters.